The van der Waals surface area contributed by atoms with Gasteiger partial charge in [0, 0.05) is 13.3 Å². The summed E-state index contributed by atoms with van der Waals surface area (Å²) < 4.78 is 0. The zero-order valence-electron chi connectivity index (χ0n) is 5.46. The van der Waals surface area contributed by atoms with Crippen LogP contribution in [-0.2, 0) is 0 Å². The zero-order chi connectivity index (χ0) is 7.11. The van der Waals surface area contributed by atoms with Gasteiger partial charge in [-0.25, -0.2) is 4.99 Å². The molecule has 3 heteroatoms. The molecule has 50 valence electrons. The van der Waals surface area contributed by atoms with Crippen molar-refractivity contribution in [1.82, 2.24) is 5.32 Å². The summed E-state index contributed by atoms with van der Waals surface area (Å²) in [5.74, 6) is 0.619. The molecule has 0 saturated carbocycles. The highest BCUT2D eigenvalue weighted by Crippen LogP contribution is 1.79. The molecular formula is C6H11N3. The molecule has 0 aliphatic rings. The zero-order valence-corrected chi connectivity index (χ0v) is 5.46. The number of hydrogen-bond acceptors (Lipinski definition) is 3. The van der Waals surface area contributed by atoms with Crippen LogP contribution in [0.15, 0.2) is 29.7 Å². The Labute approximate surface area is 55.0 Å². The minimum atomic E-state index is 0.619. The molecule has 0 radical (unpaired) electrons. The van der Waals surface area contributed by atoms with E-state index in [-0.39, 0.29) is 0 Å². The van der Waals surface area contributed by atoms with Gasteiger partial charge in [-0.2, -0.15) is 0 Å². The Morgan fingerprint density at radius 3 is 2.89 bits per heavy atom. The third-order valence-electron chi connectivity index (χ3n) is 0.716. The van der Waals surface area contributed by atoms with Crippen LogP contribution in [0.3, 0.4) is 0 Å². The van der Waals surface area contributed by atoms with Crippen molar-refractivity contribution >= 4 is 6.21 Å². The number of nitrogens with two attached hydrogens (primary N) is 1. The number of nitrogens with zero attached hydrogens (tertiary/aromatic N) is 1. The van der Waals surface area contributed by atoms with Crippen molar-refractivity contribution in [2.24, 2.45) is 10.7 Å². The fraction of sp³-hybridized carbons (Fsp3) is 0.167. The highest BCUT2D eigenvalue weighted by molar-refractivity contribution is 5.71. The Bertz CT molecular complexity index is 135. The van der Waals surface area contributed by atoms with Gasteiger partial charge in [0.05, 0.1) is 0 Å². The van der Waals surface area contributed by atoms with Gasteiger partial charge in [-0.15, -0.1) is 0 Å². The van der Waals surface area contributed by atoms with Crippen LogP contribution in [0.1, 0.15) is 0 Å². The van der Waals surface area contributed by atoms with Crippen molar-refractivity contribution < 1.29 is 0 Å². The SMILES string of the molecule is C=C(/N=C\C=C/N)NC. The maximum Gasteiger partial charge on any atom is 0.118 e. The van der Waals surface area contributed by atoms with Crippen molar-refractivity contribution in [3.63, 3.8) is 0 Å². The molecule has 0 aliphatic heterocycles. The van der Waals surface area contributed by atoms with E-state index in [0.717, 1.165) is 0 Å². The van der Waals surface area contributed by atoms with Crippen LogP contribution in [0.25, 0.3) is 0 Å². The van der Waals surface area contributed by atoms with E-state index in [9.17, 15) is 0 Å². The molecule has 0 aliphatic carbocycles. The molecule has 0 heterocycles. The quantitative estimate of drug-likeness (QED) is 0.530. The second-order valence-electron chi connectivity index (χ2n) is 1.36. The molecule has 0 aromatic heterocycles. The molecule has 0 rings (SSSR count). The lowest BCUT2D eigenvalue weighted by Gasteiger charge is -1.91. The molecule has 3 N–H and O–H groups in total. The number of aliphatic imine (C=N–C) groups is 1. The van der Waals surface area contributed by atoms with Gasteiger partial charge < -0.3 is 11.1 Å². The van der Waals surface area contributed by atoms with E-state index in [2.05, 4.69) is 16.9 Å². The van der Waals surface area contributed by atoms with E-state index in [0.29, 0.717) is 5.82 Å². The highest BCUT2D eigenvalue weighted by atomic mass is 15.0. The molecule has 0 aromatic carbocycles. The molecule has 0 fully saturated rings. The van der Waals surface area contributed by atoms with Crippen molar-refractivity contribution in [1.29, 1.82) is 0 Å². The second kappa shape index (κ2) is 4.90. The third kappa shape index (κ3) is 4.61. The summed E-state index contributed by atoms with van der Waals surface area (Å²) in [7, 11) is 1.76. The molecule has 9 heavy (non-hydrogen) atoms. The van der Waals surface area contributed by atoms with Crippen molar-refractivity contribution in [3.8, 4) is 0 Å². The normalized spacial score (nSPS) is 10.8. The lowest BCUT2D eigenvalue weighted by molar-refractivity contribution is 0.977. The molecule has 0 unspecified atom stereocenters. The van der Waals surface area contributed by atoms with Crippen molar-refractivity contribution in [2.45, 2.75) is 0 Å². The smallest absolute Gasteiger partial charge is 0.118 e. The van der Waals surface area contributed by atoms with Gasteiger partial charge in [0.2, 0.25) is 0 Å². The van der Waals surface area contributed by atoms with E-state index >= 15 is 0 Å². The lowest BCUT2D eigenvalue weighted by Crippen LogP contribution is -2.00. The predicted octanol–water partition coefficient (Wildman–Crippen LogP) is 0.220. The number of allylic oxidation sites excluding steroid dienone is 1. The van der Waals surface area contributed by atoms with Gasteiger partial charge in [-0.1, -0.05) is 6.58 Å². The standard InChI is InChI=1S/C6H11N3/c1-6(8-2)9-5-3-4-7/h3-5,8H,1,7H2,2H3/b4-3-,9-5-. The number of nitrogens with one attached hydrogen (secondary N) is 1. The largest absolute Gasteiger partial charge is 0.405 e. The van der Waals surface area contributed by atoms with Gasteiger partial charge in [-0.3, -0.25) is 0 Å². The monoisotopic (exact) mass is 125 g/mol. The van der Waals surface area contributed by atoms with Crippen LogP contribution in [0, 0.1) is 0 Å². The number of hydrogen-bond donors (Lipinski definition) is 2. The first-order chi connectivity index (χ1) is 4.31. The maximum atomic E-state index is 5.03. The molecule has 0 amide bonds. The maximum absolute atomic E-state index is 5.03. The topological polar surface area (TPSA) is 50.4 Å². The summed E-state index contributed by atoms with van der Waals surface area (Å²) in [4.78, 5) is 3.84. The van der Waals surface area contributed by atoms with Crippen molar-refractivity contribution in [2.75, 3.05) is 7.05 Å². The van der Waals surface area contributed by atoms with E-state index < -0.39 is 0 Å². The summed E-state index contributed by atoms with van der Waals surface area (Å²) in [5, 5.41) is 2.76. The van der Waals surface area contributed by atoms with Crippen LogP contribution in [0.4, 0.5) is 0 Å². The second-order valence-corrected chi connectivity index (χ2v) is 1.36. The summed E-state index contributed by atoms with van der Waals surface area (Å²) in [6.45, 7) is 3.56. The Hall–Kier alpha value is -1.25. The van der Waals surface area contributed by atoms with Crippen LogP contribution in [-0.4, -0.2) is 13.3 Å². The van der Waals surface area contributed by atoms with Crippen LogP contribution in [0.2, 0.25) is 0 Å². The lowest BCUT2D eigenvalue weighted by atomic mass is 10.6. The fourth-order valence-corrected chi connectivity index (χ4v) is 0.247. The number of rotatable bonds is 3. The average Bonchev–Trinajstić information content (AvgIpc) is 1.89. The predicted molar refractivity (Wildman–Crippen MR) is 40.0 cm³/mol. The van der Waals surface area contributed by atoms with E-state index in [1.165, 1.54) is 6.20 Å². The molecule has 0 atom stereocenters. The van der Waals surface area contributed by atoms with Crippen molar-refractivity contribution in [3.05, 3.63) is 24.7 Å². The van der Waals surface area contributed by atoms with E-state index in [1.807, 2.05) is 0 Å². The van der Waals surface area contributed by atoms with Crippen LogP contribution in [0.5, 0.6) is 0 Å². The Morgan fingerprint density at radius 1 is 1.78 bits per heavy atom. The summed E-state index contributed by atoms with van der Waals surface area (Å²) in [6.07, 6.45) is 4.60. The first kappa shape index (κ1) is 7.75. The third-order valence-corrected chi connectivity index (χ3v) is 0.716. The molecule has 0 saturated heterocycles. The molecule has 0 aromatic rings. The van der Waals surface area contributed by atoms with E-state index in [1.54, 1.807) is 19.3 Å². The van der Waals surface area contributed by atoms with Gasteiger partial charge in [-0.05, 0) is 12.3 Å². The minimum absolute atomic E-state index is 0.619. The first-order valence-corrected chi connectivity index (χ1v) is 2.59. The molecule has 0 bridgehead atoms. The Balaban J connectivity index is 3.57. The highest BCUT2D eigenvalue weighted by Gasteiger charge is 1.74. The molecule has 3 nitrogen and oxygen atoms in total. The first-order valence-electron chi connectivity index (χ1n) is 2.59. The summed E-state index contributed by atoms with van der Waals surface area (Å²) >= 11 is 0. The van der Waals surface area contributed by atoms with E-state index in [4.69, 9.17) is 5.73 Å². The van der Waals surface area contributed by atoms with Gasteiger partial charge in [0.15, 0.2) is 0 Å². The average molecular weight is 125 g/mol. The molecule has 0 spiro atoms. The van der Waals surface area contributed by atoms with Crippen LogP contribution >= 0.6 is 0 Å². The summed E-state index contributed by atoms with van der Waals surface area (Å²) in [5.41, 5.74) is 5.03. The molecular weight excluding hydrogens is 114 g/mol. The van der Waals surface area contributed by atoms with Gasteiger partial charge in [0.1, 0.15) is 5.82 Å². The Kier molecular flexibility index (Phi) is 4.22. The minimum Gasteiger partial charge on any atom is -0.405 e. The Morgan fingerprint density at radius 2 is 2.44 bits per heavy atom. The van der Waals surface area contributed by atoms with Gasteiger partial charge >= 0.3 is 0 Å². The summed E-state index contributed by atoms with van der Waals surface area (Å²) in [6, 6.07) is 0. The van der Waals surface area contributed by atoms with Crippen LogP contribution < -0.4 is 11.1 Å². The fourth-order valence-electron chi connectivity index (χ4n) is 0.247. The van der Waals surface area contributed by atoms with Gasteiger partial charge in [0.25, 0.3) is 0 Å².